The molecule has 2 rings (SSSR count). The fourth-order valence-electron chi connectivity index (χ4n) is 1.10. The van der Waals surface area contributed by atoms with Crippen molar-refractivity contribution >= 4 is 44.9 Å². The first-order valence-corrected chi connectivity index (χ1v) is 5.57. The topological polar surface area (TPSA) is 59.3 Å². The molecule has 0 fully saturated rings. The van der Waals surface area contributed by atoms with Crippen LogP contribution in [-0.4, -0.2) is 25.8 Å². The summed E-state index contributed by atoms with van der Waals surface area (Å²) >= 11 is 8.75. The van der Waals surface area contributed by atoms with Gasteiger partial charge in [0, 0.05) is 0 Å². The van der Waals surface area contributed by atoms with Gasteiger partial charge in [-0.25, -0.2) is 9.50 Å². The monoisotopic (exact) mass is 288 g/mol. The summed E-state index contributed by atoms with van der Waals surface area (Å²) in [5, 5.41) is 7.19. The van der Waals surface area contributed by atoms with Gasteiger partial charge in [0.25, 0.3) is 0 Å². The van der Waals surface area contributed by atoms with Gasteiger partial charge in [-0.2, -0.15) is 5.10 Å². The standard InChI is InChI=1S/C8H6BrClN4O/c9-3-8(15)12-6-4-14-7(11-6)2-1-5(10)13-14/h1-2,4H,3H2,(H,12,15). The van der Waals surface area contributed by atoms with E-state index in [2.05, 4.69) is 31.3 Å². The van der Waals surface area contributed by atoms with Crippen LogP contribution in [0.15, 0.2) is 18.3 Å². The van der Waals surface area contributed by atoms with Crippen LogP contribution in [-0.2, 0) is 4.79 Å². The summed E-state index contributed by atoms with van der Waals surface area (Å²) in [5.74, 6) is 0.290. The number of alkyl halides is 1. The first-order chi connectivity index (χ1) is 7.19. The summed E-state index contributed by atoms with van der Waals surface area (Å²) in [6.45, 7) is 0. The second kappa shape index (κ2) is 4.16. The maximum atomic E-state index is 11.1. The molecule has 78 valence electrons. The number of hydrogen-bond acceptors (Lipinski definition) is 3. The van der Waals surface area contributed by atoms with Gasteiger partial charge in [0.2, 0.25) is 5.91 Å². The van der Waals surface area contributed by atoms with Crippen molar-refractivity contribution in [1.29, 1.82) is 0 Å². The lowest BCUT2D eigenvalue weighted by atomic mass is 10.6. The number of imidazole rings is 1. The van der Waals surface area contributed by atoms with Crippen LogP contribution < -0.4 is 5.32 Å². The zero-order chi connectivity index (χ0) is 10.8. The van der Waals surface area contributed by atoms with Crippen molar-refractivity contribution in [3.8, 4) is 0 Å². The van der Waals surface area contributed by atoms with E-state index in [9.17, 15) is 4.79 Å². The van der Waals surface area contributed by atoms with Crippen LogP contribution >= 0.6 is 27.5 Å². The molecule has 0 saturated carbocycles. The summed E-state index contributed by atoms with van der Waals surface area (Å²) in [7, 11) is 0. The number of fused-ring (bicyclic) bond motifs is 1. The molecule has 0 saturated heterocycles. The highest BCUT2D eigenvalue weighted by Gasteiger charge is 2.05. The van der Waals surface area contributed by atoms with Crippen molar-refractivity contribution in [2.24, 2.45) is 0 Å². The summed E-state index contributed by atoms with van der Waals surface area (Å²) in [6.07, 6.45) is 1.60. The van der Waals surface area contributed by atoms with E-state index in [-0.39, 0.29) is 11.2 Å². The number of hydrogen-bond donors (Lipinski definition) is 1. The van der Waals surface area contributed by atoms with E-state index in [0.717, 1.165) is 0 Å². The van der Waals surface area contributed by atoms with Crippen LogP contribution in [0.3, 0.4) is 0 Å². The quantitative estimate of drug-likeness (QED) is 0.856. The number of halogens is 2. The van der Waals surface area contributed by atoms with E-state index in [1.807, 2.05) is 0 Å². The van der Waals surface area contributed by atoms with Gasteiger partial charge in [0.1, 0.15) is 5.15 Å². The molecule has 7 heteroatoms. The Morgan fingerprint density at radius 2 is 2.40 bits per heavy atom. The van der Waals surface area contributed by atoms with E-state index in [0.29, 0.717) is 16.6 Å². The third-order valence-electron chi connectivity index (χ3n) is 1.68. The zero-order valence-electron chi connectivity index (χ0n) is 7.44. The van der Waals surface area contributed by atoms with Gasteiger partial charge in [-0.15, -0.1) is 0 Å². The van der Waals surface area contributed by atoms with Gasteiger partial charge in [-0.1, -0.05) is 27.5 Å². The van der Waals surface area contributed by atoms with E-state index in [4.69, 9.17) is 11.6 Å². The number of nitrogens with zero attached hydrogens (tertiary/aromatic N) is 3. The third-order valence-corrected chi connectivity index (χ3v) is 2.39. The number of amides is 1. The van der Waals surface area contributed by atoms with E-state index in [1.54, 1.807) is 18.3 Å². The number of aromatic nitrogens is 3. The Bertz CT molecular complexity index is 512. The molecule has 0 bridgehead atoms. The van der Waals surface area contributed by atoms with E-state index in [1.165, 1.54) is 4.52 Å². The maximum Gasteiger partial charge on any atom is 0.236 e. The second-order valence-electron chi connectivity index (χ2n) is 2.77. The van der Waals surface area contributed by atoms with Gasteiger partial charge >= 0.3 is 0 Å². The molecule has 1 amide bonds. The van der Waals surface area contributed by atoms with Crippen LogP contribution in [0, 0.1) is 0 Å². The SMILES string of the molecule is O=C(CBr)Nc1cn2nc(Cl)ccc2n1. The summed E-state index contributed by atoms with van der Waals surface area (Å²) < 4.78 is 1.51. The average molecular weight is 290 g/mol. The Morgan fingerprint density at radius 3 is 3.13 bits per heavy atom. The molecule has 0 aliphatic carbocycles. The molecule has 15 heavy (non-hydrogen) atoms. The normalized spacial score (nSPS) is 10.5. The molecule has 0 aliphatic heterocycles. The molecule has 0 spiro atoms. The molecule has 5 nitrogen and oxygen atoms in total. The maximum absolute atomic E-state index is 11.1. The van der Waals surface area contributed by atoms with Crippen LogP contribution in [0.25, 0.3) is 5.65 Å². The van der Waals surface area contributed by atoms with E-state index < -0.39 is 0 Å². The molecule has 0 aromatic carbocycles. The molecule has 2 aromatic rings. The van der Waals surface area contributed by atoms with Gasteiger partial charge in [0.05, 0.1) is 11.5 Å². The first-order valence-electron chi connectivity index (χ1n) is 4.07. The lowest BCUT2D eigenvalue weighted by Crippen LogP contribution is -2.12. The lowest BCUT2D eigenvalue weighted by Gasteiger charge is -1.94. The third kappa shape index (κ3) is 2.27. The number of anilines is 1. The minimum Gasteiger partial charge on any atom is -0.309 e. The van der Waals surface area contributed by atoms with Crippen molar-refractivity contribution in [3.63, 3.8) is 0 Å². The largest absolute Gasteiger partial charge is 0.309 e. The minimum absolute atomic E-state index is 0.162. The number of nitrogens with one attached hydrogen (secondary N) is 1. The fraction of sp³-hybridized carbons (Fsp3) is 0.125. The minimum atomic E-state index is -0.162. The van der Waals surface area contributed by atoms with Crippen LogP contribution in [0.5, 0.6) is 0 Å². The summed E-state index contributed by atoms with van der Waals surface area (Å²) in [6, 6.07) is 3.36. The van der Waals surface area contributed by atoms with Crippen LogP contribution in [0.2, 0.25) is 5.15 Å². The molecule has 2 aromatic heterocycles. The van der Waals surface area contributed by atoms with Crippen molar-refractivity contribution in [2.45, 2.75) is 0 Å². The number of rotatable bonds is 2. The van der Waals surface area contributed by atoms with E-state index >= 15 is 0 Å². The first kappa shape index (κ1) is 10.4. The number of carbonyl (C=O) groups is 1. The van der Waals surface area contributed by atoms with Crippen molar-refractivity contribution in [1.82, 2.24) is 14.6 Å². The van der Waals surface area contributed by atoms with Crippen LogP contribution in [0.4, 0.5) is 5.82 Å². The summed E-state index contributed by atoms with van der Waals surface area (Å²) in [5.41, 5.74) is 0.629. The van der Waals surface area contributed by atoms with Gasteiger partial charge in [0.15, 0.2) is 11.5 Å². The van der Waals surface area contributed by atoms with Crippen molar-refractivity contribution in [3.05, 3.63) is 23.5 Å². The average Bonchev–Trinajstić information content (AvgIpc) is 2.59. The highest BCUT2D eigenvalue weighted by atomic mass is 79.9. The highest BCUT2D eigenvalue weighted by molar-refractivity contribution is 9.09. The second-order valence-corrected chi connectivity index (χ2v) is 3.71. The summed E-state index contributed by atoms with van der Waals surface area (Å²) in [4.78, 5) is 15.2. The Morgan fingerprint density at radius 1 is 1.60 bits per heavy atom. The predicted octanol–water partition coefficient (Wildman–Crippen LogP) is 1.72. The fourth-order valence-corrected chi connectivity index (χ4v) is 1.38. The lowest BCUT2D eigenvalue weighted by molar-refractivity contribution is -0.113. The Kier molecular flexibility index (Phi) is 2.88. The highest BCUT2D eigenvalue weighted by Crippen LogP contribution is 2.11. The smallest absolute Gasteiger partial charge is 0.236 e. The predicted molar refractivity (Wildman–Crippen MR) is 60.4 cm³/mol. The molecule has 0 radical (unpaired) electrons. The van der Waals surface area contributed by atoms with Gasteiger partial charge in [-0.05, 0) is 12.1 Å². The Balaban J connectivity index is 2.34. The van der Waals surface area contributed by atoms with Gasteiger partial charge in [-0.3, -0.25) is 4.79 Å². The Labute approximate surface area is 98.6 Å². The van der Waals surface area contributed by atoms with Crippen LogP contribution in [0.1, 0.15) is 0 Å². The number of carbonyl (C=O) groups excluding carboxylic acids is 1. The molecule has 0 atom stereocenters. The van der Waals surface area contributed by atoms with Crippen molar-refractivity contribution < 1.29 is 4.79 Å². The molecular formula is C8H6BrClN4O. The molecule has 0 aliphatic rings. The molecular weight excluding hydrogens is 283 g/mol. The molecule has 2 heterocycles. The Hall–Kier alpha value is -1.14. The van der Waals surface area contributed by atoms with Gasteiger partial charge < -0.3 is 5.32 Å². The van der Waals surface area contributed by atoms with Crippen molar-refractivity contribution in [2.75, 3.05) is 10.6 Å². The zero-order valence-corrected chi connectivity index (χ0v) is 9.79. The molecule has 0 unspecified atom stereocenters. The molecule has 1 N–H and O–H groups in total.